The van der Waals surface area contributed by atoms with Crippen LogP contribution in [0.2, 0.25) is 0 Å². The molecule has 0 aliphatic carbocycles. The second-order valence-corrected chi connectivity index (χ2v) is 4.70. The van der Waals surface area contributed by atoms with Crippen LogP contribution < -0.4 is 11.1 Å². The average Bonchev–Trinajstić information content (AvgIpc) is 2.31. The van der Waals surface area contributed by atoms with Crippen LogP contribution in [0.1, 0.15) is 27.2 Å². The summed E-state index contributed by atoms with van der Waals surface area (Å²) >= 11 is 0. The molecule has 4 heteroatoms. The van der Waals surface area contributed by atoms with E-state index < -0.39 is 0 Å². The highest BCUT2D eigenvalue weighted by molar-refractivity contribution is 6.04. The van der Waals surface area contributed by atoms with Crippen molar-refractivity contribution in [3.05, 3.63) is 52.7 Å². The van der Waals surface area contributed by atoms with E-state index in [4.69, 9.17) is 5.73 Å². The number of nitrogens with one attached hydrogen (secondary N) is 1. The zero-order valence-corrected chi connectivity index (χ0v) is 11.3. The highest BCUT2D eigenvalue weighted by Crippen LogP contribution is 2.15. The molecule has 98 valence electrons. The van der Waals surface area contributed by atoms with E-state index in [1.165, 1.54) is 0 Å². The Morgan fingerprint density at radius 3 is 2.53 bits per heavy atom. The molecule has 2 aromatic rings. The number of carbonyl (C=O) groups excluding carboxylic acids is 1. The van der Waals surface area contributed by atoms with Crippen LogP contribution in [-0.4, -0.2) is 10.9 Å². The third-order valence-corrected chi connectivity index (χ3v) is 2.88. The summed E-state index contributed by atoms with van der Waals surface area (Å²) in [6, 6.07) is 9.05. The van der Waals surface area contributed by atoms with E-state index in [1.807, 2.05) is 39.0 Å². The minimum atomic E-state index is -0.204. The third-order valence-electron chi connectivity index (χ3n) is 2.88. The summed E-state index contributed by atoms with van der Waals surface area (Å²) in [7, 11) is 0. The van der Waals surface area contributed by atoms with E-state index in [9.17, 15) is 4.79 Å². The van der Waals surface area contributed by atoms with Gasteiger partial charge in [0, 0.05) is 16.9 Å². The maximum atomic E-state index is 12.1. The predicted molar refractivity (Wildman–Crippen MR) is 77.3 cm³/mol. The Morgan fingerprint density at radius 2 is 1.89 bits per heavy atom. The number of aryl methyl sites for hydroxylation is 3. The van der Waals surface area contributed by atoms with E-state index >= 15 is 0 Å². The number of rotatable bonds is 2. The van der Waals surface area contributed by atoms with Crippen molar-refractivity contribution in [1.29, 1.82) is 0 Å². The van der Waals surface area contributed by atoms with Gasteiger partial charge in [-0.25, -0.2) is 4.98 Å². The molecule has 0 atom stereocenters. The average molecular weight is 255 g/mol. The number of aromatic nitrogens is 1. The van der Waals surface area contributed by atoms with Gasteiger partial charge in [-0.2, -0.15) is 0 Å². The Morgan fingerprint density at radius 1 is 1.16 bits per heavy atom. The summed E-state index contributed by atoms with van der Waals surface area (Å²) in [5.74, 6) is 0.353. The molecule has 0 aliphatic rings. The molecule has 1 heterocycles. The second-order valence-electron chi connectivity index (χ2n) is 4.70. The van der Waals surface area contributed by atoms with Crippen molar-refractivity contribution in [2.75, 3.05) is 11.1 Å². The van der Waals surface area contributed by atoms with Crippen LogP contribution in [0, 0.1) is 20.8 Å². The number of benzene rings is 1. The van der Waals surface area contributed by atoms with Gasteiger partial charge >= 0.3 is 0 Å². The number of nitrogen functional groups attached to an aromatic ring is 1. The zero-order valence-electron chi connectivity index (χ0n) is 11.3. The molecule has 0 bridgehead atoms. The van der Waals surface area contributed by atoms with Gasteiger partial charge in [-0.1, -0.05) is 6.07 Å². The molecular weight excluding hydrogens is 238 g/mol. The summed E-state index contributed by atoms with van der Waals surface area (Å²) < 4.78 is 0. The lowest BCUT2D eigenvalue weighted by atomic mass is 10.1. The highest BCUT2D eigenvalue weighted by Gasteiger charge is 2.08. The number of carbonyl (C=O) groups is 1. The Kier molecular flexibility index (Phi) is 3.51. The molecule has 1 aromatic carbocycles. The normalized spacial score (nSPS) is 10.3. The fraction of sp³-hybridized carbons (Fsp3) is 0.200. The number of nitrogens with zero attached hydrogens (tertiary/aromatic N) is 1. The predicted octanol–water partition coefficient (Wildman–Crippen LogP) is 2.84. The van der Waals surface area contributed by atoms with Crippen LogP contribution in [0.5, 0.6) is 0 Å². The molecule has 0 unspecified atom stereocenters. The van der Waals surface area contributed by atoms with Crippen molar-refractivity contribution in [3.63, 3.8) is 0 Å². The maximum absolute atomic E-state index is 12.1. The first-order chi connectivity index (χ1) is 8.95. The van der Waals surface area contributed by atoms with Crippen LogP contribution in [0.3, 0.4) is 0 Å². The summed E-state index contributed by atoms with van der Waals surface area (Å²) in [5, 5.41) is 2.78. The first-order valence-electron chi connectivity index (χ1n) is 6.08. The minimum absolute atomic E-state index is 0.204. The maximum Gasteiger partial charge on any atom is 0.256 e. The summed E-state index contributed by atoms with van der Waals surface area (Å²) in [4.78, 5) is 16.4. The molecule has 0 fully saturated rings. The molecule has 0 spiro atoms. The molecule has 4 nitrogen and oxygen atoms in total. The molecule has 0 saturated heterocycles. The largest absolute Gasteiger partial charge is 0.398 e. The Balaban J connectivity index is 2.22. The van der Waals surface area contributed by atoms with Crippen LogP contribution >= 0.6 is 0 Å². The van der Waals surface area contributed by atoms with Crippen LogP contribution in [0.4, 0.5) is 11.5 Å². The van der Waals surface area contributed by atoms with Gasteiger partial charge in [0.15, 0.2) is 0 Å². The molecule has 3 N–H and O–H groups in total. The molecule has 0 radical (unpaired) electrons. The van der Waals surface area contributed by atoms with E-state index in [0.29, 0.717) is 17.1 Å². The Labute approximate surface area is 112 Å². The lowest BCUT2D eigenvalue weighted by Gasteiger charge is -2.08. The van der Waals surface area contributed by atoms with Crippen molar-refractivity contribution < 1.29 is 4.79 Å². The van der Waals surface area contributed by atoms with Gasteiger partial charge in [-0.15, -0.1) is 0 Å². The van der Waals surface area contributed by atoms with Crippen molar-refractivity contribution in [3.8, 4) is 0 Å². The van der Waals surface area contributed by atoms with Crippen molar-refractivity contribution >= 4 is 17.4 Å². The van der Waals surface area contributed by atoms with E-state index in [0.717, 1.165) is 16.8 Å². The lowest BCUT2D eigenvalue weighted by molar-refractivity contribution is 0.102. The number of pyridine rings is 1. The molecular formula is C15H17N3O. The minimum Gasteiger partial charge on any atom is -0.398 e. The van der Waals surface area contributed by atoms with Crippen molar-refractivity contribution in [2.24, 2.45) is 0 Å². The first-order valence-corrected chi connectivity index (χ1v) is 6.08. The second kappa shape index (κ2) is 5.10. The van der Waals surface area contributed by atoms with E-state index in [1.54, 1.807) is 12.1 Å². The summed E-state index contributed by atoms with van der Waals surface area (Å²) in [5.41, 5.74) is 9.84. The molecule has 1 amide bonds. The van der Waals surface area contributed by atoms with Crippen molar-refractivity contribution in [1.82, 2.24) is 4.98 Å². The number of anilines is 2. The topological polar surface area (TPSA) is 68.0 Å². The lowest BCUT2D eigenvalue weighted by Crippen LogP contribution is -2.13. The van der Waals surface area contributed by atoms with Gasteiger partial charge in [-0.05, 0) is 56.2 Å². The highest BCUT2D eigenvalue weighted by atomic mass is 16.1. The molecule has 0 aliphatic heterocycles. The third kappa shape index (κ3) is 3.10. The summed E-state index contributed by atoms with van der Waals surface area (Å²) in [6.45, 7) is 5.77. The number of hydrogen-bond acceptors (Lipinski definition) is 3. The number of nitrogens with two attached hydrogens (primary N) is 1. The Hall–Kier alpha value is -2.36. The molecule has 1 aromatic heterocycles. The van der Waals surface area contributed by atoms with Gasteiger partial charge in [0.1, 0.15) is 5.82 Å². The van der Waals surface area contributed by atoms with Gasteiger partial charge < -0.3 is 11.1 Å². The van der Waals surface area contributed by atoms with E-state index in [2.05, 4.69) is 10.3 Å². The number of amides is 1. The van der Waals surface area contributed by atoms with Gasteiger partial charge in [0.05, 0.1) is 0 Å². The number of hydrogen-bond donors (Lipinski definition) is 2. The molecule has 19 heavy (non-hydrogen) atoms. The monoisotopic (exact) mass is 255 g/mol. The smallest absolute Gasteiger partial charge is 0.256 e. The zero-order chi connectivity index (χ0) is 14.0. The first kappa shape index (κ1) is 13.1. The molecule has 0 saturated carbocycles. The van der Waals surface area contributed by atoms with Crippen LogP contribution in [0.15, 0.2) is 30.3 Å². The van der Waals surface area contributed by atoms with Gasteiger partial charge in [0.25, 0.3) is 5.91 Å². The quantitative estimate of drug-likeness (QED) is 0.811. The Bertz CT molecular complexity index is 615. The van der Waals surface area contributed by atoms with E-state index in [-0.39, 0.29) is 5.91 Å². The van der Waals surface area contributed by atoms with Gasteiger partial charge in [-0.3, -0.25) is 4.79 Å². The van der Waals surface area contributed by atoms with Crippen molar-refractivity contribution in [2.45, 2.75) is 20.8 Å². The SMILES string of the molecule is Cc1cc(C)nc(NC(=O)c2ccc(C)c(N)c2)c1. The standard InChI is InChI=1S/C15H17N3O/c1-9-6-11(3)17-14(7-9)18-15(19)12-5-4-10(2)13(16)8-12/h4-8H,16H2,1-3H3,(H,17,18,19). The fourth-order valence-corrected chi connectivity index (χ4v) is 1.88. The van der Waals surface area contributed by atoms with Crippen LogP contribution in [-0.2, 0) is 0 Å². The fourth-order valence-electron chi connectivity index (χ4n) is 1.88. The van der Waals surface area contributed by atoms with Gasteiger partial charge in [0.2, 0.25) is 0 Å². The molecule has 2 rings (SSSR count). The van der Waals surface area contributed by atoms with Crippen LogP contribution in [0.25, 0.3) is 0 Å². The summed E-state index contributed by atoms with van der Waals surface area (Å²) in [6.07, 6.45) is 0.